The Kier molecular flexibility index (Phi) is 6.96. The minimum atomic E-state index is -0.227. The Hall–Kier alpha value is -3.04. The normalized spacial score (nSPS) is 13.6. The summed E-state index contributed by atoms with van der Waals surface area (Å²) < 4.78 is 6.74. The van der Waals surface area contributed by atoms with Crippen LogP contribution in [0.2, 0.25) is 0 Å². The molecule has 32 heavy (non-hydrogen) atoms. The fourth-order valence-electron chi connectivity index (χ4n) is 3.96. The fourth-order valence-corrected chi connectivity index (χ4v) is 4.51. The van der Waals surface area contributed by atoms with Crippen LogP contribution >= 0.6 is 11.3 Å². The first kappa shape index (κ1) is 22.2. The maximum atomic E-state index is 13.4. The third kappa shape index (κ3) is 5.05. The summed E-state index contributed by atoms with van der Waals surface area (Å²) in [5, 5.41) is 6.72. The van der Waals surface area contributed by atoms with Gasteiger partial charge in [-0.05, 0) is 5.56 Å². The summed E-state index contributed by atoms with van der Waals surface area (Å²) in [7, 11) is 3.18. The van der Waals surface area contributed by atoms with Crippen molar-refractivity contribution in [2.75, 3.05) is 27.2 Å². The SMILES string of the molecule is COC(=O)CCN1CCc2c(c(C(=O)N(C)Cc3cscn3)nn2Cc2ccccc2)C1. The van der Waals surface area contributed by atoms with E-state index in [1.165, 1.54) is 18.4 Å². The highest BCUT2D eigenvalue weighted by molar-refractivity contribution is 7.07. The number of carbonyl (C=O) groups excluding carboxylic acids is 2. The Morgan fingerprint density at radius 3 is 2.78 bits per heavy atom. The summed E-state index contributed by atoms with van der Waals surface area (Å²) in [5.74, 6) is -0.342. The molecule has 1 amide bonds. The molecule has 0 spiro atoms. The maximum Gasteiger partial charge on any atom is 0.306 e. The molecule has 168 valence electrons. The Morgan fingerprint density at radius 2 is 2.06 bits per heavy atom. The van der Waals surface area contributed by atoms with Crippen LogP contribution in [0.5, 0.6) is 0 Å². The van der Waals surface area contributed by atoms with Crippen LogP contribution in [0, 0.1) is 0 Å². The number of ether oxygens (including phenoxy) is 1. The lowest BCUT2D eigenvalue weighted by Gasteiger charge is -2.27. The average Bonchev–Trinajstić information content (AvgIpc) is 3.45. The van der Waals surface area contributed by atoms with E-state index in [0.717, 1.165) is 35.5 Å². The van der Waals surface area contributed by atoms with Gasteiger partial charge in [0, 0.05) is 49.7 Å². The van der Waals surface area contributed by atoms with E-state index in [0.29, 0.717) is 38.3 Å². The number of esters is 1. The average molecular weight is 454 g/mol. The molecule has 0 fully saturated rings. The number of hydrogen-bond donors (Lipinski definition) is 0. The van der Waals surface area contributed by atoms with Gasteiger partial charge in [0.15, 0.2) is 5.69 Å². The first-order chi connectivity index (χ1) is 15.5. The molecule has 0 aliphatic carbocycles. The lowest BCUT2D eigenvalue weighted by atomic mass is 10.0. The van der Waals surface area contributed by atoms with Crippen LogP contribution < -0.4 is 0 Å². The lowest BCUT2D eigenvalue weighted by molar-refractivity contribution is -0.141. The number of thiazole rings is 1. The highest BCUT2D eigenvalue weighted by Crippen LogP contribution is 2.25. The van der Waals surface area contributed by atoms with E-state index < -0.39 is 0 Å². The molecule has 0 unspecified atom stereocenters. The Labute approximate surface area is 191 Å². The molecule has 3 aromatic rings. The summed E-state index contributed by atoms with van der Waals surface area (Å²) in [6.45, 7) is 3.06. The summed E-state index contributed by atoms with van der Waals surface area (Å²) in [4.78, 5) is 33.1. The van der Waals surface area contributed by atoms with Crippen molar-refractivity contribution < 1.29 is 14.3 Å². The van der Waals surface area contributed by atoms with Gasteiger partial charge in [-0.2, -0.15) is 5.10 Å². The van der Waals surface area contributed by atoms with Crippen LogP contribution in [-0.4, -0.2) is 63.7 Å². The van der Waals surface area contributed by atoms with E-state index in [4.69, 9.17) is 9.84 Å². The molecule has 0 radical (unpaired) electrons. The van der Waals surface area contributed by atoms with Gasteiger partial charge in [0.05, 0.1) is 37.8 Å². The second kappa shape index (κ2) is 10.1. The Balaban J connectivity index is 1.59. The van der Waals surface area contributed by atoms with E-state index in [-0.39, 0.29) is 11.9 Å². The van der Waals surface area contributed by atoms with Crippen LogP contribution in [0.25, 0.3) is 0 Å². The van der Waals surface area contributed by atoms with Crippen LogP contribution in [0.3, 0.4) is 0 Å². The zero-order valence-corrected chi connectivity index (χ0v) is 19.2. The molecule has 0 saturated heterocycles. The number of rotatable bonds is 8. The van der Waals surface area contributed by atoms with Gasteiger partial charge in [-0.3, -0.25) is 19.2 Å². The van der Waals surface area contributed by atoms with Crippen molar-refractivity contribution in [2.45, 2.75) is 32.5 Å². The summed E-state index contributed by atoms with van der Waals surface area (Å²) in [6.07, 6.45) is 1.11. The molecule has 0 bridgehead atoms. The number of hydrogen-bond acceptors (Lipinski definition) is 7. The summed E-state index contributed by atoms with van der Waals surface area (Å²) in [5.41, 5.74) is 6.30. The van der Waals surface area contributed by atoms with Gasteiger partial charge in [0.1, 0.15) is 0 Å². The molecule has 9 heteroatoms. The molecular weight excluding hydrogens is 426 g/mol. The van der Waals surface area contributed by atoms with Crippen LogP contribution in [0.4, 0.5) is 0 Å². The number of benzene rings is 1. The molecule has 1 aromatic carbocycles. The van der Waals surface area contributed by atoms with Gasteiger partial charge in [0.2, 0.25) is 0 Å². The number of carbonyl (C=O) groups is 2. The van der Waals surface area contributed by atoms with Crippen molar-refractivity contribution >= 4 is 23.2 Å². The van der Waals surface area contributed by atoms with Crippen molar-refractivity contribution in [2.24, 2.45) is 0 Å². The molecule has 8 nitrogen and oxygen atoms in total. The fraction of sp³-hybridized carbons (Fsp3) is 0.391. The second-order valence-corrected chi connectivity index (χ2v) is 8.63. The van der Waals surface area contributed by atoms with Crippen molar-refractivity contribution in [3.63, 3.8) is 0 Å². The Bertz CT molecular complexity index is 1070. The second-order valence-electron chi connectivity index (χ2n) is 7.91. The number of methoxy groups -OCH3 is 1. The van der Waals surface area contributed by atoms with E-state index >= 15 is 0 Å². The Morgan fingerprint density at radius 1 is 1.25 bits per heavy atom. The van der Waals surface area contributed by atoms with Gasteiger partial charge < -0.3 is 9.64 Å². The monoisotopic (exact) mass is 453 g/mol. The third-order valence-corrected chi connectivity index (χ3v) is 6.32. The summed E-state index contributed by atoms with van der Waals surface area (Å²) >= 11 is 1.51. The maximum absolute atomic E-state index is 13.4. The smallest absolute Gasteiger partial charge is 0.306 e. The molecule has 2 aromatic heterocycles. The standard InChI is InChI=1S/C23H27N5O3S/c1-26(13-18-15-32-16-24-18)23(30)22-19-14-27(11-9-21(29)31-2)10-8-20(19)28(25-22)12-17-6-4-3-5-7-17/h3-7,15-16H,8-14H2,1-2H3. The first-order valence-electron chi connectivity index (χ1n) is 10.6. The predicted octanol–water partition coefficient (Wildman–Crippen LogP) is 2.58. The third-order valence-electron chi connectivity index (χ3n) is 5.68. The molecule has 0 saturated carbocycles. The van der Waals surface area contributed by atoms with Gasteiger partial charge >= 0.3 is 5.97 Å². The van der Waals surface area contributed by atoms with Gasteiger partial charge in [-0.1, -0.05) is 30.3 Å². The molecule has 3 heterocycles. The highest BCUT2D eigenvalue weighted by atomic mass is 32.1. The largest absolute Gasteiger partial charge is 0.469 e. The lowest BCUT2D eigenvalue weighted by Crippen LogP contribution is -2.34. The zero-order chi connectivity index (χ0) is 22.5. The van der Waals surface area contributed by atoms with Gasteiger partial charge in [-0.25, -0.2) is 4.98 Å². The van der Waals surface area contributed by atoms with Crippen LogP contribution in [0.15, 0.2) is 41.2 Å². The van der Waals surface area contributed by atoms with Crippen LogP contribution in [0.1, 0.15) is 39.4 Å². The van der Waals surface area contributed by atoms with Crippen LogP contribution in [-0.2, 0) is 35.6 Å². The van der Waals surface area contributed by atoms with Crippen molar-refractivity contribution in [1.29, 1.82) is 0 Å². The molecule has 1 aliphatic heterocycles. The summed E-state index contributed by atoms with van der Waals surface area (Å²) in [6, 6.07) is 10.1. The van der Waals surface area contributed by atoms with E-state index in [1.807, 2.05) is 28.3 Å². The van der Waals surface area contributed by atoms with Gasteiger partial charge in [0.25, 0.3) is 5.91 Å². The minimum Gasteiger partial charge on any atom is -0.469 e. The van der Waals surface area contributed by atoms with Crippen molar-refractivity contribution in [1.82, 2.24) is 24.6 Å². The van der Waals surface area contributed by atoms with E-state index in [2.05, 4.69) is 22.0 Å². The minimum absolute atomic E-state index is 0.115. The predicted molar refractivity (Wildman–Crippen MR) is 121 cm³/mol. The first-order valence-corrected chi connectivity index (χ1v) is 11.5. The number of nitrogens with zero attached hydrogens (tertiary/aromatic N) is 5. The number of amides is 1. The van der Waals surface area contributed by atoms with E-state index in [1.54, 1.807) is 17.5 Å². The van der Waals surface area contributed by atoms with Crippen molar-refractivity contribution in [3.8, 4) is 0 Å². The zero-order valence-electron chi connectivity index (χ0n) is 18.4. The quantitative estimate of drug-likeness (QED) is 0.488. The molecule has 0 N–H and O–H groups in total. The molecule has 0 atom stereocenters. The van der Waals surface area contributed by atoms with Gasteiger partial charge in [-0.15, -0.1) is 11.3 Å². The molecule has 4 rings (SSSR count). The number of fused-ring (bicyclic) bond motifs is 1. The molecule has 1 aliphatic rings. The highest BCUT2D eigenvalue weighted by Gasteiger charge is 2.30. The number of aromatic nitrogens is 3. The topological polar surface area (TPSA) is 80.6 Å². The molecular formula is C23H27N5O3S. The van der Waals surface area contributed by atoms with Crippen molar-refractivity contribution in [3.05, 3.63) is 69.4 Å². The van der Waals surface area contributed by atoms with E-state index in [9.17, 15) is 9.59 Å².